The number of likely N-dealkylation sites (tertiary alicyclic amines) is 1. The Bertz CT molecular complexity index is 741. The Labute approximate surface area is 148 Å². The lowest BCUT2D eigenvalue weighted by molar-refractivity contribution is -0.134. The monoisotopic (exact) mass is 337 g/mol. The van der Waals surface area contributed by atoms with Gasteiger partial charge in [0.25, 0.3) is 0 Å². The Kier molecular flexibility index (Phi) is 4.22. The van der Waals surface area contributed by atoms with Crippen LogP contribution in [0.25, 0.3) is 0 Å². The molecule has 0 aliphatic carbocycles. The van der Waals surface area contributed by atoms with Crippen molar-refractivity contribution in [3.05, 3.63) is 59.7 Å². The highest BCUT2D eigenvalue weighted by molar-refractivity contribution is 5.89. The van der Waals surface area contributed by atoms with Crippen molar-refractivity contribution in [1.82, 2.24) is 4.90 Å². The summed E-state index contributed by atoms with van der Waals surface area (Å²) in [6, 6.07) is 15.5. The van der Waals surface area contributed by atoms with Gasteiger partial charge < -0.3 is 14.7 Å². The summed E-state index contributed by atoms with van der Waals surface area (Å²) in [7, 11) is 0. The van der Waals surface area contributed by atoms with Crippen LogP contribution in [0.1, 0.15) is 36.8 Å². The van der Waals surface area contributed by atoms with Crippen LogP contribution in [0.2, 0.25) is 0 Å². The van der Waals surface area contributed by atoms with Gasteiger partial charge in [-0.1, -0.05) is 36.4 Å². The van der Waals surface area contributed by atoms with E-state index in [1.165, 1.54) is 0 Å². The number of benzene rings is 2. The van der Waals surface area contributed by atoms with E-state index in [4.69, 9.17) is 4.74 Å². The summed E-state index contributed by atoms with van der Waals surface area (Å²) in [6.07, 6.45) is 1.53. The highest BCUT2D eigenvalue weighted by Crippen LogP contribution is 2.45. The Balaban J connectivity index is 1.71. The van der Waals surface area contributed by atoms with Crippen LogP contribution in [0.5, 0.6) is 11.5 Å². The lowest BCUT2D eigenvalue weighted by Gasteiger charge is -2.37. The molecule has 2 aromatic rings. The first kappa shape index (κ1) is 16.2. The molecule has 2 aliphatic rings. The largest absolute Gasteiger partial charge is 0.457 e. The van der Waals surface area contributed by atoms with E-state index in [1.54, 1.807) is 0 Å². The third kappa shape index (κ3) is 2.91. The second-order valence-corrected chi connectivity index (χ2v) is 7.04. The molecule has 0 radical (unpaired) electrons. The number of carbonyl (C=O) groups is 1. The van der Waals surface area contributed by atoms with Crippen LogP contribution in [-0.2, 0) is 4.79 Å². The lowest BCUT2D eigenvalue weighted by Crippen LogP contribution is -2.45. The summed E-state index contributed by atoms with van der Waals surface area (Å²) in [6.45, 7) is 3.19. The van der Waals surface area contributed by atoms with Crippen molar-refractivity contribution >= 4 is 5.91 Å². The maximum absolute atomic E-state index is 13.4. The van der Waals surface area contributed by atoms with Gasteiger partial charge in [0.1, 0.15) is 11.5 Å². The number of amides is 1. The first-order valence-electron chi connectivity index (χ1n) is 8.97. The smallest absolute Gasteiger partial charge is 0.234 e. The van der Waals surface area contributed by atoms with Crippen molar-refractivity contribution in [1.29, 1.82) is 0 Å². The van der Waals surface area contributed by atoms with Gasteiger partial charge in [0, 0.05) is 30.1 Å². The van der Waals surface area contributed by atoms with Gasteiger partial charge in [-0.25, -0.2) is 0 Å². The first-order chi connectivity index (χ1) is 12.1. The van der Waals surface area contributed by atoms with Crippen molar-refractivity contribution in [2.45, 2.75) is 31.8 Å². The number of piperidine rings is 1. The minimum Gasteiger partial charge on any atom is -0.457 e. The Hall–Kier alpha value is -2.33. The van der Waals surface area contributed by atoms with Crippen LogP contribution in [-0.4, -0.2) is 35.1 Å². The van der Waals surface area contributed by atoms with Crippen LogP contribution < -0.4 is 4.74 Å². The average Bonchev–Trinajstić information content (AvgIpc) is 2.65. The molecule has 0 bridgehead atoms. The molecule has 2 atom stereocenters. The quantitative estimate of drug-likeness (QED) is 0.912. The molecule has 2 aliphatic heterocycles. The molecule has 0 spiro atoms. The molecule has 4 heteroatoms. The molecule has 2 aromatic carbocycles. The highest BCUT2D eigenvalue weighted by atomic mass is 16.5. The number of nitrogens with zero attached hydrogens (tertiary/aromatic N) is 1. The number of carbonyl (C=O) groups excluding carboxylic acids is 1. The predicted octanol–water partition coefficient (Wildman–Crippen LogP) is 3.54. The Morgan fingerprint density at radius 3 is 2.32 bits per heavy atom. The zero-order chi connectivity index (χ0) is 17.4. The van der Waals surface area contributed by atoms with Crippen molar-refractivity contribution in [2.75, 3.05) is 13.1 Å². The maximum Gasteiger partial charge on any atom is 0.234 e. The Morgan fingerprint density at radius 2 is 1.72 bits per heavy atom. The number of hydrogen-bond acceptors (Lipinski definition) is 3. The standard InChI is InChI=1S/C21H23NO3/c1-14(23)15-7-6-12-22(13-15)21(24)20-16-8-2-4-10-18(16)25-19-11-5-3-9-17(19)20/h2-5,8-11,14-15,20,23H,6-7,12-13H2,1H3. The summed E-state index contributed by atoms with van der Waals surface area (Å²) in [5.74, 6) is 1.43. The summed E-state index contributed by atoms with van der Waals surface area (Å²) in [5, 5.41) is 9.94. The van der Waals surface area contributed by atoms with Crippen molar-refractivity contribution in [3.63, 3.8) is 0 Å². The number of fused-ring (bicyclic) bond motifs is 2. The molecule has 1 N–H and O–H groups in total. The fourth-order valence-corrected chi connectivity index (χ4v) is 3.96. The third-order valence-electron chi connectivity index (χ3n) is 5.38. The van der Waals surface area contributed by atoms with Crippen LogP contribution in [0.3, 0.4) is 0 Å². The molecule has 2 unspecified atom stereocenters. The summed E-state index contributed by atoms with van der Waals surface area (Å²) in [4.78, 5) is 15.4. The van der Waals surface area contributed by atoms with E-state index in [0.717, 1.165) is 42.0 Å². The molecule has 1 amide bonds. The molecule has 25 heavy (non-hydrogen) atoms. The lowest BCUT2D eigenvalue weighted by atomic mass is 9.85. The SMILES string of the molecule is CC(O)C1CCCN(C(=O)C2c3ccccc3Oc3ccccc32)C1. The van der Waals surface area contributed by atoms with Gasteiger partial charge in [0.05, 0.1) is 12.0 Å². The van der Waals surface area contributed by atoms with Gasteiger partial charge in [-0.15, -0.1) is 0 Å². The van der Waals surface area contributed by atoms with Crippen molar-refractivity contribution in [2.24, 2.45) is 5.92 Å². The topological polar surface area (TPSA) is 49.8 Å². The van der Waals surface area contributed by atoms with Crippen LogP contribution in [0, 0.1) is 5.92 Å². The second-order valence-electron chi connectivity index (χ2n) is 7.04. The van der Waals surface area contributed by atoms with E-state index in [1.807, 2.05) is 60.4 Å². The molecule has 1 saturated heterocycles. The zero-order valence-corrected chi connectivity index (χ0v) is 14.4. The average molecular weight is 337 g/mol. The van der Waals surface area contributed by atoms with E-state index in [0.29, 0.717) is 6.54 Å². The van der Waals surface area contributed by atoms with Gasteiger partial charge in [0.15, 0.2) is 0 Å². The minimum absolute atomic E-state index is 0.105. The zero-order valence-electron chi connectivity index (χ0n) is 14.4. The molecule has 2 heterocycles. The normalized spacial score (nSPS) is 21.0. The number of aliphatic hydroxyl groups excluding tert-OH is 1. The van der Waals surface area contributed by atoms with Crippen molar-refractivity contribution < 1.29 is 14.6 Å². The number of rotatable bonds is 2. The van der Waals surface area contributed by atoms with E-state index in [2.05, 4.69) is 0 Å². The van der Waals surface area contributed by atoms with E-state index in [-0.39, 0.29) is 23.8 Å². The Morgan fingerprint density at radius 1 is 1.12 bits per heavy atom. The summed E-state index contributed by atoms with van der Waals surface area (Å²) >= 11 is 0. The first-order valence-corrected chi connectivity index (χ1v) is 8.97. The van der Waals surface area contributed by atoms with Crippen LogP contribution >= 0.6 is 0 Å². The second kappa shape index (κ2) is 6.52. The molecule has 130 valence electrons. The molecule has 1 fully saturated rings. The van der Waals surface area contributed by atoms with Crippen molar-refractivity contribution in [3.8, 4) is 11.5 Å². The molecule has 4 rings (SSSR count). The predicted molar refractivity (Wildman–Crippen MR) is 95.8 cm³/mol. The fourth-order valence-electron chi connectivity index (χ4n) is 3.96. The van der Waals surface area contributed by atoms with E-state index < -0.39 is 0 Å². The molecule has 4 nitrogen and oxygen atoms in total. The minimum atomic E-state index is -0.384. The number of ether oxygens (including phenoxy) is 1. The molecule has 0 aromatic heterocycles. The fraction of sp³-hybridized carbons (Fsp3) is 0.381. The molecular weight excluding hydrogens is 314 g/mol. The van der Waals surface area contributed by atoms with E-state index >= 15 is 0 Å². The number of para-hydroxylation sites is 2. The van der Waals surface area contributed by atoms with Gasteiger partial charge in [-0.2, -0.15) is 0 Å². The molecular formula is C21H23NO3. The molecule has 0 saturated carbocycles. The summed E-state index contributed by atoms with van der Waals surface area (Å²) in [5.41, 5.74) is 1.84. The van der Waals surface area contributed by atoms with Gasteiger partial charge in [0.2, 0.25) is 5.91 Å². The number of hydrogen-bond donors (Lipinski definition) is 1. The van der Waals surface area contributed by atoms with Gasteiger partial charge >= 0.3 is 0 Å². The van der Waals surface area contributed by atoms with E-state index in [9.17, 15) is 9.90 Å². The maximum atomic E-state index is 13.4. The van der Waals surface area contributed by atoms with Gasteiger partial charge in [-0.05, 0) is 31.9 Å². The highest BCUT2D eigenvalue weighted by Gasteiger charge is 2.37. The third-order valence-corrected chi connectivity index (χ3v) is 5.38. The van der Waals surface area contributed by atoms with Gasteiger partial charge in [-0.3, -0.25) is 4.79 Å². The van der Waals surface area contributed by atoms with Crippen LogP contribution in [0.4, 0.5) is 0 Å². The summed E-state index contributed by atoms with van der Waals surface area (Å²) < 4.78 is 5.99. The number of aliphatic hydroxyl groups is 1. The van der Waals surface area contributed by atoms with Crippen LogP contribution in [0.15, 0.2) is 48.5 Å².